The number of hydrogen-bond donors (Lipinski definition) is 0. The first-order chi connectivity index (χ1) is 14.4. The lowest BCUT2D eigenvalue weighted by molar-refractivity contribution is 0.0526. The minimum absolute atomic E-state index is 0.146. The van der Waals surface area contributed by atoms with E-state index in [1.54, 1.807) is 31.2 Å². The average Bonchev–Trinajstić information content (AvgIpc) is 3.09. The molecule has 30 heavy (non-hydrogen) atoms. The van der Waals surface area contributed by atoms with Crippen molar-refractivity contribution in [1.82, 2.24) is 4.57 Å². The van der Waals surface area contributed by atoms with Crippen LogP contribution in [-0.2, 0) is 10.3 Å². The second-order valence-electron chi connectivity index (χ2n) is 8.25. The Hall–Kier alpha value is -3.47. The molecule has 0 spiro atoms. The third-order valence-electron chi connectivity index (χ3n) is 5.02. The van der Waals surface area contributed by atoms with Gasteiger partial charge < -0.3 is 9.30 Å². The van der Waals surface area contributed by atoms with Crippen molar-refractivity contribution >= 4 is 39.0 Å². The molecule has 5 nitrogen and oxygen atoms in total. The number of hydrogen-bond acceptors (Lipinski definition) is 4. The molecule has 0 aliphatic heterocycles. The molecular formula is C25H25N3O2. The molecule has 3 aromatic carbocycles. The zero-order valence-corrected chi connectivity index (χ0v) is 17.7. The van der Waals surface area contributed by atoms with Gasteiger partial charge in [-0.1, -0.05) is 24.3 Å². The predicted octanol–water partition coefficient (Wildman–Crippen LogP) is 7.14. The molecule has 0 radical (unpaired) electrons. The van der Waals surface area contributed by atoms with E-state index in [-0.39, 0.29) is 11.5 Å². The second kappa shape index (κ2) is 7.75. The molecule has 0 aliphatic carbocycles. The molecule has 0 N–H and O–H groups in total. The maximum Gasteiger partial charge on any atom is 0.338 e. The van der Waals surface area contributed by atoms with Gasteiger partial charge in [-0.3, -0.25) is 0 Å². The molecule has 1 aromatic heterocycles. The third-order valence-corrected chi connectivity index (χ3v) is 5.02. The molecule has 0 atom stereocenters. The molecule has 1 heterocycles. The quantitative estimate of drug-likeness (QED) is 0.270. The Morgan fingerprint density at radius 1 is 0.933 bits per heavy atom. The zero-order valence-electron chi connectivity index (χ0n) is 17.7. The second-order valence-corrected chi connectivity index (χ2v) is 8.25. The molecule has 0 aliphatic rings. The van der Waals surface area contributed by atoms with Gasteiger partial charge in [0.25, 0.3) is 0 Å². The van der Waals surface area contributed by atoms with Gasteiger partial charge in [0.15, 0.2) is 5.82 Å². The number of ether oxygens (including phenoxy) is 1. The summed E-state index contributed by atoms with van der Waals surface area (Å²) in [6.45, 7) is 8.60. The maximum absolute atomic E-state index is 11.8. The SMILES string of the molecule is CCOC(=O)c1ccc(N=Nc2c3cc4ccccc4cc3cn2C(C)(C)C)cc1. The van der Waals surface area contributed by atoms with Crippen molar-refractivity contribution in [2.45, 2.75) is 33.2 Å². The van der Waals surface area contributed by atoms with Crippen molar-refractivity contribution < 1.29 is 9.53 Å². The lowest BCUT2D eigenvalue weighted by atomic mass is 10.1. The van der Waals surface area contributed by atoms with Gasteiger partial charge in [0.1, 0.15) is 0 Å². The molecule has 0 amide bonds. The number of esters is 1. The van der Waals surface area contributed by atoms with Gasteiger partial charge in [0.2, 0.25) is 0 Å². The molecule has 0 saturated heterocycles. The molecule has 0 unspecified atom stereocenters. The summed E-state index contributed by atoms with van der Waals surface area (Å²) in [5.74, 6) is 0.484. The van der Waals surface area contributed by atoms with Crippen LogP contribution in [0.3, 0.4) is 0 Å². The van der Waals surface area contributed by atoms with E-state index in [0.717, 1.165) is 16.6 Å². The van der Waals surface area contributed by atoms with Gasteiger partial charge in [-0.25, -0.2) is 4.79 Å². The highest BCUT2D eigenvalue weighted by atomic mass is 16.5. The van der Waals surface area contributed by atoms with Crippen LogP contribution < -0.4 is 0 Å². The van der Waals surface area contributed by atoms with Crippen LogP contribution in [0.4, 0.5) is 11.5 Å². The number of azo groups is 1. The van der Waals surface area contributed by atoms with Crippen LogP contribution in [0, 0.1) is 0 Å². The largest absolute Gasteiger partial charge is 0.462 e. The predicted molar refractivity (Wildman–Crippen MR) is 121 cm³/mol. The van der Waals surface area contributed by atoms with E-state index in [0.29, 0.717) is 17.9 Å². The number of carbonyl (C=O) groups excluding carboxylic acids is 1. The average molecular weight is 399 g/mol. The lowest BCUT2D eigenvalue weighted by Gasteiger charge is -2.22. The summed E-state index contributed by atoms with van der Waals surface area (Å²) in [7, 11) is 0. The summed E-state index contributed by atoms with van der Waals surface area (Å²) >= 11 is 0. The maximum atomic E-state index is 11.8. The van der Waals surface area contributed by atoms with Crippen LogP contribution in [0.1, 0.15) is 38.1 Å². The van der Waals surface area contributed by atoms with Crippen LogP contribution in [0.15, 0.2) is 77.1 Å². The van der Waals surface area contributed by atoms with Crippen molar-refractivity contribution in [2.24, 2.45) is 10.2 Å². The number of fused-ring (bicyclic) bond motifs is 2. The van der Waals surface area contributed by atoms with Gasteiger partial charge in [0, 0.05) is 22.5 Å². The fourth-order valence-corrected chi connectivity index (χ4v) is 3.49. The highest BCUT2D eigenvalue weighted by molar-refractivity contribution is 6.03. The van der Waals surface area contributed by atoms with E-state index in [1.807, 2.05) is 6.07 Å². The normalized spacial score (nSPS) is 12.1. The van der Waals surface area contributed by atoms with Crippen LogP contribution in [-0.4, -0.2) is 17.1 Å². The van der Waals surface area contributed by atoms with Gasteiger partial charge >= 0.3 is 5.97 Å². The molecule has 0 saturated carbocycles. The molecule has 4 rings (SSSR count). The molecule has 0 fully saturated rings. The Labute approximate surface area is 176 Å². The van der Waals surface area contributed by atoms with E-state index in [9.17, 15) is 4.79 Å². The fraction of sp³-hybridized carbons (Fsp3) is 0.240. The van der Waals surface area contributed by atoms with Crippen LogP contribution in [0.2, 0.25) is 0 Å². The highest BCUT2D eigenvalue weighted by Gasteiger charge is 2.20. The summed E-state index contributed by atoms with van der Waals surface area (Å²) in [4.78, 5) is 11.8. The summed E-state index contributed by atoms with van der Waals surface area (Å²) in [6.07, 6.45) is 2.14. The molecular weight excluding hydrogens is 374 g/mol. The van der Waals surface area contributed by atoms with E-state index in [2.05, 4.69) is 72.1 Å². The number of rotatable bonds is 4. The van der Waals surface area contributed by atoms with Gasteiger partial charge in [0.05, 0.1) is 17.9 Å². The summed E-state index contributed by atoms with van der Waals surface area (Å²) in [6, 6.07) is 19.7. The molecule has 4 aromatic rings. The number of aromatic nitrogens is 1. The summed E-state index contributed by atoms with van der Waals surface area (Å²) in [5.41, 5.74) is 1.04. The van der Waals surface area contributed by atoms with Crippen molar-refractivity contribution in [3.63, 3.8) is 0 Å². The molecule has 0 bridgehead atoms. The third kappa shape index (κ3) is 3.83. The Morgan fingerprint density at radius 3 is 2.23 bits per heavy atom. The van der Waals surface area contributed by atoms with Crippen LogP contribution >= 0.6 is 0 Å². The summed E-state index contributed by atoms with van der Waals surface area (Å²) in [5, 5.41) is 13.6. The van der Waals surface area contributed by atoms with Crippen molar-refractivity contribution in [1.29, 1.82) is 0 Å². The monoisotopic (exact) mass is 399 g/mol. The Kier molecular flexibility index (Phi) is 5.12. The first kappa shape index (κ1) is 19.8. The van der Waals surface area contributed by atoms with Gasteiger partial charge in [-0.2, -0.15) is 0 Å². The molecule has 5 heteroatoms. The van der Waals surface area contributed by atoms with Crippen molar-refractivity contribution in [2.75, 3.05) is 6.61 Å². The van der Waals surface area contributed by atoms with E-state index >= 15 is 0 Å². The van der Waals surface area contributed by atoms with Crippen molar-refractivity contribution in [3.05, 3.63) is 72.4 Å². The number of nitrogens with zero attached hydrogens (tertiary/aromatic N) is 3. The Morgan fingerprint density at radius 2 is 1.60 bits per heavy atom. The topological polar surface area (TPSA) is 55.9 Å². The Bertz CT molecular complexity index is 1250. The van der Waals surface area contributed by atoms with E-state index in [1.165, 1.54) is 10.8 Å². The minimum atomic E-state index is -0.333. The van der Waals surface area contributed by atoms with E-state index < -0.39 is 0 Å². The van der Waals surface area contributed by atoms with Gasteiger partial charge in [-0.15, -0.1) is 10.2 Å². The van der Waals surface area contributed by atoms with Gasteiger partial charge in [-0.05, 0) is 74.9 Å². The Balaban J connectivity index is 1.77. The zero-order chi connectivity index (χ0) is 21.3. The first-order valence-corrected chi connectivity index (χ1v) is 10.1. The number of benzene rings is 3. The van der Waals surface area contributed by atoms with Crippen LogP contribution in [0.25, 0.3) is 21.5 Å². The highest BCUT2D eigenvalue weighted by Crippen LogP contribution is 2.37. The van der Waals surface area contributed by atoms with Crippen molar-refractivity contribution in [3.8, 4) is 0 Å². The van der Waals surface area contributed by atoms with Crippen LogP contribution in [0.5, 0.6) is 0 Å². The standard InChI is InChI=1S/C25H25N3O2/c1-5-30-24(29)17-10-12-21(13-11-17)26-27-23-22-15-19-9-7-6-8-18(19)14-20(22)16-28(23)25(2,3)4/h6-16H,5H2,1-4H3. The smallest absolute Gasteiger partial charge is 0.338 e. The fourth-order valence-electron chi connectivity index (χ4n) is 3.49. The lowest BCUT2D eigenvalue weighted by Crippen LogP contribution is -2.20. The molecule has 152 valence electrons. The summed E-state index contributed by atoms with van der Waals surface area (Å²) < 4.78 is 7.19. The minimum Gasteiger partial charge on any atom is -0.462 e. The van der Waals surface area contributed by atoms with E-state index in [4.69, 9.17) is 4.74 Å². The number of carbonyl (C=O) groups is 1. The first-order valence-electron chi connectivity index (χ1n) is 10.1.